The van der Waals surface area contributed by atoms with Gasteiger partial charge in [-0.15, -0.1) is 0 Å². The van der Waals surface area contributed by atoms with Gasteiger partial charge < -0.3 is 10.6 Å². The van der Waals surface area contributed by atoms with Crippen molar-refractivity contribution in [3.05, 3.63) is 77.6 Å². The lowest BCUT2D eigenvalue weighted by molar-refractivity contribution is 0.102. The van der Waals surface area contributed by atoms with Crippen molar-refractivity contribution in [2.75, 3.05) is 10.6 Å². The van der Waals surface area contributed by atoms with E-state index in [9.17, 15) is 4.79 Å². The molecule has 3 aromatic rings. The van der Waals surface area contributed by atoms with Gasteiger partial charge in [-0.25, -0.2) is 9.97 Å². The lowest BCUT2D eigenvalue weighted by Gasteiger charge is -2.08. The van der Waals surface area contributed by atoms with Crippen LogP contribution in [0.2, 0.25) is 0 Å². The molecule has 5 heteroatoms. The molecule has 0 aliphatic heterocycles. The topological polar surface area (TPSA) is 66.9 Å². The lowest BCUT2D eigenvalue weighted by atomic mass is 10.2. The largest absolute Gasteiger partial charge is 0.324 e. The Morgan fingerprint density at radius 3 is 2.42 bits per heavy atom. The van der Waals surface area contributed by atoms with Crippen LogP contribution in [0.3, 0.4) is 0 Å². The molecular weight excluding hydrogens is 300 g/mol. The molecule has 0 aliphatic rings. The molecule has 1 heterocycles. The number of hydrogen-bond acceptors (Lipinski definition) is 4. The SMILES string of the molecule is Cc1cccc(NC(=O)c2cnc(Nc3ccccc3C)nc2)c1. The molecule has 2 N–H and O–H groups in total. The van der Waals surface area contributed by atoms with Crippen LogP contribution in [0.15, 0.2) is 60.9 Å². The summed E-state index contributed by atoms with van der Waals surface area (Å²) in [5.41, 5.74) is 4.28. The second-order valence-electron chi connectivity index (χ2n) is 5.56. The van der Waals surface area contributed by atoms with Gasteiger partial charge >= 0.3 is 0 Å². The highest BCUT2D eigenvalue weighted by atomic mass is 16.1. The van der Waals surface area contributed by atoms with Crippen LogP contribution in [-0.4, -0.2) is 15.9 Å². The molecule has 0 saturated heterocycles. The number of nitrogens with zero attached hydrogens (tertiary/aromatic N) is 2. The highest BCUT2D eigenvalue weighted by molar-refractivity contribution is 6.03. The average molecular weight is 318 g/mol. The van der Waals surface area contributed by atoms with E-state index in [0.717, 1.165) is 22.5 Å². The molecule has 120 valence electrons. The van der Waals surface area contributed by atoms with Gasteiger partial charge in [0.2, 0.25) is 5.95 Å². The van der Waals surface area contributed by atoms with Gasteiger partial charge in [0.05, 0.1) is 5.56 Å². The maximum atomic E-state index is 12.2. The number of carbonyl (C=O) groups is 1. The molecule has 0 saturated carbocycles. The number of amides is 1. The minimum atomic E-state index is -0.233. The third kappa shape index (κ3) is 3.76. The number of hydrogen-bond donors (Lipinski definition) is 2. The molecule has 5 nitrogen and oxygen atoms in total. The molecule has 24 heavy (non-hydrogen) atoms. The highest BCUT2D eigenvalue weighted by Crippen LogP contribution is 2.17. The van der Waals surface area contributed by atoms with Crippen LogP contribution < -0.4 is 10.6 Å². The molecule has 3 rings (SSSR count). The molecule has 0 unspecified atom stereocenters. The Bertz CT molecular complexity index is 859. The van der Waals surface area contributed by atoms with E-state index < -0.39 is 0 Å². The van der Waals surface area contributed by atoms with Crippen molar-refractivity contribution in [3.8, 4) is 0 Å². The van der Waals surface area contributed by atoms with Crippen molar-refractivity contribution < 1.29 is 4.79 Å². The fourth-order valence-corrected chi connectivity index (χ4v) is 2.27. The van der Waals surface area contributed by atoms with Gasteiger partial charge in [-0.2, -0.15) is 0 Å². The third-order valence-electron chi connectivity index (χ3n) is 3.58. The van der Waals surface area contributed by atoms with E-state index in [4.69, 9.17) is 0 Å². The maximum Gasteiger partial charge on any atom is 0.258 e. The number of nitrogens with one attached hydrogen (secondary N) is 2. The van der Waals surface area contributed by atoms with Gasteiger partial charge in [-0.3, -0.25) is 4.79 Å². The first-order valence-electron chi connectivity index (χ1n) is 7.64. The Morgan fingerprint density at radius 2 is 1.71 bits per heavy atom. The van der Waals surface area contributed by atoms with E-state index in [1.807, 2.05) is 62.4 Å². The Morgan fingerprint density at radius 1 is 0.958 bits per heavy atom. The highest BCUT2D eigenvalue weighted by Gasteiger charge is 2.08. The summed E-state index contributed by atoms with van der Waals surface area (Å²) >= 11 is 0. The number of para-hydroxylation sites is 1. The van der Waals surface area contributed by atoms with E-state index in [2.05, 4.69) is 20.6 Å². The molecule has 0 radical (unpaired) electrons. The summed E-state index contributed by atoms with van der Waals surface area (Å²) in [7, 11) is 0. The molecule has 0 atom stereocenters. The number of carbonyl (C=O) groups excluding carboxylic acids is 1. The third-order valence-corrected chi connectivity index (χ3v) is 3.58. The number of benzene rings is 2. The van der Waals surface area contributed by atoms with Crippen LogP contribution in [0.5, 0.6) is 0 Å². The fraction of sp³-hybridized carbons (Fsp3) is 0.105. The summed E-state index contributed by atoms with van der Waals surface area (Å²) in [5.74, 6) is 0.222. The van der Waals surface area contributed by atoms with Crippen molar-refractivity contribution in [2.24, 2.45) is 0 Å². The van der Waals surface area contributed by atoms with Crippen LogP contribution in [0.4, 0.5) is 17.3 Å². The number of rotatable bonds is 4. The molecule has 0 bridgehead atoms. The Labute approximate surface area is 140 Å². The summed E-state index contributed by atoms with van der Waals surface area (Å²) in [6.45, 7) is 3.98. The zero-order valence-corrected chi connectivity index (χ0v) is 13.6. The quantitative estimate of drug-likeness (QED) is 0.760. The van der Waals surface area contributed by atoms with Crippen LogP contribution in [0, 0.1) is 13.8 Å². The zero-order valence-electron chi connectivity index (χ0n) is 13.6. The first-order valence-corrected chi connectivity index (χ1v) is 7.64. The van der Waals surface area contributed by atoms with Gasteiger partial charge in [0.25, 0.3) is 5.91 Å². The number of aryl methyl sites for hydroxylation is 2. The van der Waals surface area contributed by atoms with E-state index >= 15 is 0 Å². The summed E-state index contributed by atoms with van der Waals surface area (Å²) < 4.78 is 0. The smallest absolute Gasteiger partial charge is 0.258 e. The zero-order chi connectivity index (χ0) is 16.9. The maximum absolute atomic E-state index is 12.2. The van der Waals surface area contributed by atoms with Crippen LogP contribution in [0.1, 0.15) is 21.5 Å². The van der Waals surface area contributed by atoms with Crippen molar-refractivity contribution in [1.29, 1.82) is 0 Å². The summed E-state index contributed by atoms with van der Waals surface area (Å²) in [4.78, 5) is 20.7. The predicted octanol–water partition coefficient (Wildman–Crippen LogP) is 4.09. The molecule has 1 amide bonds. The monoisotopic (exact) mass is 318 g/mol. The summed E-state index contributed by atoms with van der Waals surface area (Å²) in [5, 5.41) is 5.98. The standard InChI is InChI=1S/C19H18N4O/c1-13-6-5-8-16(10-13)22-18(24)15-11-20-19(21-12-15)23-17-9-4-3-7-14(17)2/h3-12H,1-2H3,(H,22,24)(H,20,21,23). The average Bonchev–Trinajstić information content (AvgIpc) is 2.57. The van der Waals surface area contributed by atoms with Gasteiger partial charge in [0, 0.05) is 23.8 Å². The Kier molecular flexibility index (Phi) is 4.52. The molecule has 0 spiro atoms. The van der Waals surface area contributed by atoms with Crippen LogP contribution in [-0.2, 0) is 0 Å². The van der Waals surface area contributed by atoms with Gasteiger partial charge in [0.15, 0.2) is 0 Å². The van der Waals surface area contributed by atoms with Crippen molar-refractivity contribution >= 4 is 23.2 Å². The first-order chi connectivity index (χ1) is 11.6. The van der Waals surface area contributed by atoms with E-state index in [1.165, 1.54) is 12.4 Å². The Hall–Kier alpha value is -3.21. The van der Waals surface area contributed by atoms with E-state index in [0.29, 0.717) is 11.5 Å². The van der Waals surface area contributed by atoms with Crippen LogP contribution >= 0.6 is 0 Å². The van der Waals surface area contributed by atoms with Gasteiger partial charge in [-0.1, -0.05) is 30.3 Å². The second kappa shape index (κ2) is 6.91. The normalized spacial score (nSPS) is 10.2. The van der Waals surface area contributed by atoms with Crippen molar-refractivity contribution in [3.63, 3.8) is 0 Å². The first kappa shape index (κ1) is 15.7. The molecule has 0 aliphatic carbocycles. The molecule has 0 fully saturated rings. The predicted molar refractivity (Wildman–Crippen MR) is 95.6 cm³/mol. The fourth-order valence-electron chi connectivity index (χ4n) is 2.27. The van der Waals surface area contributed by atoms with Gasteiger partial charge in [0.1, 0.15) is 0 Å². The second-order valence-corrected chi connectivity index (χ2v) is 5.56. The minimum Gasteiger partial charge on any atom is -0.324 e. The van der Waals surface area contributed by atoms with Crippen molar-refractivity contribution in [2.45, 2.75) is 13.8 Å². The minimum absolute atomic E-state index is 0.233. The van der Waals surface area contributed by atoms with E-state index in [1.54, 1.807) is 0 Å². The van der Waals surface area contributed by atoms with Crippen LogP contribution in [0.25, 0.3) is 0 Å². The lowest BCUT2D eigenvalue weighted by Crippen LogP contribution is -2.13. The molecule has 2 aromatic carbocycles. The summed E-state index contributed by atoms with van der Waals surface area (Å²) in [6.07, 6.45) is 3.03. The molecular formula is C19H18N4O. The Balaban J connectivity index is 1.70. The summed E-state index contributed by atoms with van der Waals surface area (Å²) in [6, 6.07) is 15.5. The molecule has 1 aromatic heterocycles. The van der Waals surface area contributed by atoms with Gasteiger partial charge in [-0.05, 0) is 43.2 Å². The number of aromatic nitrogens is 2. The number of anilines is 3. The van der Waals surface area contributed by atoms with E-state index in [-0.39, 0.29) is 5.91 Å². The van der Waals surface area contributed by atoms with Crippen molar-refractivity contribution in [1.82, 2.24) is 9.97 Å².